The lowest BCUT2D eigenvalue weighted by atomic mass is 10.2. The molecule has 6 heteroatoms. The van der Waals surface area contributed by atoms with Gasteiger partial charge in [-0.25, -0.2) is 4.72 Å². The molecule has 5 nitrogen and oxygen atoms in total. The Hall–Kier alpha value is -1.27. The Morgan fingerprint density at radius 1 is 1.36 bits per heavy atom. The number of benzene rings is 1. The summed E-state index contributed by atoms with van der Waals surface area (Å²) in [6.45, 7) is 1.80. The molecule has 1 aromatic carbocycles. The summed E-state index contributed by atoms with van der Waals surface area (Å²) in [5, 5.41) is 0. The van der Waals surface area contributed by atoms with Crippen LogP contribution in [0.4, 0.5) is 11.4 Å². The van der Waals surface area contributed by atoms with E-state index in [-0.39, 0.29) is 0 Å². The van der Waals surface area contributed by atoms with Crippen molar-refractivity contribution in [3.8, 4) is 0 Å². The van der Waals surface area contributed by atoms with Crippen LogP contribution in [-0.4, -0.2) is 15.5 Å². The molecule has 0 aliphatic heterocycles. The Morgan fingerprint density at radius 2 is 2.00 bits per heavy atom. The number of hydrogen-bond acceptors (Lipinski definition) is 3. The zero-order valence-electron chi connectivity index (χ0n) is 8.03. The first-order chi connectivity index (χ1) is 6.44. The molecule has 0 saturated carbocycles. The summed E-state index contributed by atoms with van der Waals surface area (Å²) in [4.78, 5) is 0. The molecule has 1 rings (SSSR count). The van der Waals surface area contributed by atoms with Crippen molar-refractivity contribution in [2.45, 2.75) is 6.92 Å². The summed E-state index contributed by atoms with van der Waals surface area (Å²) in [6.07, 6.45) is 0. The highest BCUT2D eigenvalue weighted by Crippen LogP contribution is 2.18. The minimum Gasteiger partial charge on any atom is -0.399 e. The zero-order valence-corrected chi connectivity index (χ0v) is 8.85. The second-order valence-electron chi connectivity index (χ2n) is 2.88. The van der Waals surface area contributed by atoms with Gasteiger partial charge in [-0.15, -0.1) is 0 Å². The molecule has 0 aromatic heterocycles. The van der Waals surface area contributed by atoms with E-state index < -0.39 is 10.2 Å². The van der Waals surface area contributed by atoms with Gasteiger partial charge in [0.2, 0.25) is 0 Å². The highest BCUT2D eigenvalue weighted by Gasteiger charge is 2.07. The van der Waals surface area contributed by atoms with Crippen LogP contribution in [0.5, 0.6) is 0 Å². The molecular weight excluding hydrogens is 202 g/mol. The van der Waals surface area contributed by atoms with Gasteiger partial charge in [0, 0.05) is 12.7 Å². The van der Waals surface area contributed by atoms with E-state index in [1.807, 2.05) is 0 Å². The first-order valence-corrected chi connectivity index (χ1v) is 5.50. The van der Waals surface area contributed by atoms with Crippen LogP contribution >= 0.6 is 0 Å². The van der Waals surface area contributed by atoms with E-state index >= 15 is 0 Å². The molecule has 0 atom stereocenters. The summed E-state index contributed by atoms with van der Waals surface area (Å²) in [5.41, 5.74) is 7.35. The average molecular weight is 215 g/mol. The van der Waals surface area contributed by atoms with E-state index in [0.29, 0.717) is 11.4 Å². The Bertz CT molecular complexity index is 428. The average Bonchev–Trinajstić information content (AvgIpc) is 2.11. The lowest BCUT2D eigenvalue weighted by Gasteiger charge is -2.09. The van der Waals surface area contributed by atoms with Gasteiger partial charge in [-0.2, -0.15) is 8.42 Å². The largest absolute Gasteiger partial charge is 0.399 e. The van der Waals surface area contributed by atoms with Gasteiger partial charge in [-0.1, -0.05) is 6.07 Å². The molecule has 0 amide bonds. The Balaban J connectivity index is 3.03. The molecule has 78 valence electrons. The number of anilines is 2. The molecule has 0 bridgehead atoms. The standard InChI is InChI=1S/C8H13N3O2S/c1-6-3-4-7(9)5-8(6)11-14(12,13)10-2/h3-5,10-11H,9H2,1-2H3. The van der Waals surface area contributed by atoms with Gasteiger partial charge in [0.15, 0.2) is 0 Å². The van der Waals surface area contributed by atoms with Crippen LogP contribution in [0.15, 0.2) is 18.2 Å². The Kier molecular flexibility index (Phi) is 2.97. The molecule has 14 heavy (non-hydrogen) atoms. The molecule has 0 saturated heterocycles. The van der Waals surface area contributed by atoms with Crippen LogP contribution in [0.1, 0.15) is 5.56 Å². The quantitative estimate of drug-likeness (QED) is 0.640. The van der Waals surface area contributed by atoms with Gasteiger partial charge in [0.25, 0.3) is 10.2 Å². The van der Waals surface area contributed by atoms with Gasteiger partial charge in [-0.05, 0) is 24.6 Å². The molecule has 0 aliphatic rings. The third-order valence-electron chi connectivity index (χ3n) is 1.77. The van der Waals surface area contributed by atoms with Crippen molar-refractivity contribution in [3.05, 3.63) is 23.8 Å². The van der Waals surface area contributed by atoms with Crippen molar-refractivity contribution in [3.63, 3.8) is 0 Å². The van der Waals surface area contributed by atoms with Crippen molar-refractivity contribution in [1.29, 1.82) is 0 Å². The monoisotopic (exact) mass is 215 g/mol. The first kappa shape index (κ1) is 10.8. The van der Waals surface area contributed by atoms with Crippen molar-refractivity contribution in [2.24, 2.45) is 0 Å². The summed E-state index contributed by atoms with van der Waals surface area (Å²) >= 11 is 0. The number of nitrogens with two attached hydrogens (primary N) is 1. The van der Waals surface area contributed by atoms with Crippen molar-refractivity contribution in [1.82, 2.24) is 4.72 Å². The molecule has 0 unspecified atom stereocenters. The van der Waals surface area contributed by atoms with Crippen molar-refractivity contribution < 1.29 is 8.42 Å². The summed E-state index contributed by atoms with van der Waals surface area (Å²) in [6, 6.07) is 5.04. The smallest absolute Gasteiger partial charge is 0.298 e. The fourth-order valence-electron chi connectivity index (χ4n) is 0.945. The lowest BCUT2D eigenvalue weighted by molar-refractivity contribution is 0.593. The van der Waals surface area contributed by atoms with Gasteiger partial charge < -0.3 is 5.73 Å². The van der Waals surface area contributed by atoms with Gasteiger partial charge in [0.05, 0.1) is 5.69 Å². The lowest BCUT2D eigenvalue weighted by Crippen LogP contribution is -2.26. The fourth-order valence-corrected chi connectivity index (χ4v) is 1.56. The van der Waals surface area contributed by atoms with Crippen LogP contribution in [0.3, 0.4) is 0 Å². The molecule has 0 radical (unpaired) electrons. The van der Waals surface area contributed by atoms with E-state index in [2.05, 4.69) is 9.44 Å². The van der Waals surface area contributed by atoms with E-state index in [4.69, 9.17) is 5.73 Å². The molecule has 0 heterocycles. The number of nitrogen functional groups attached to an aromatic ring is 1. The fraction of sp³-hybridized carbons (Fsp3) is 0.250. The number of rotatable bonds is 3. The number of nitrogens with one attached hydrogen (secondary N) is 2. The highest BCUT2D eigenvalue weighted by molar-refractivity contribution is 7.90. The third kappa shape index (κ3) is 2.61. The zero-order chi connectivity index (χ0) is 10.8. The minimum atomic E-state index is -3.47. The summed E-state index contributed by atoms with van der Waals surface area (Å²) in [7, 11) is -2.13. The van der Waals surface area contributed by atoms with E-state index in [1.165, 1.54) is 7.05 Å². The molecule has 4 N–H and O–H groups in total. The van der Waals surface area contributed by atoms with E-state index in [1.54, 1.807) is 25.1 Å². The Labute approximate surface area is 83.5 Å². The predicted molar refractivity (Wildman–Crippen MR) is 57.2 cm³/mol. The van der Waals surface area contributed by atoms with E-state index in [0.717, 1.165) is 5.56 Å². The molecule has 0 fully saturated rings. The maximum absolute atomic E-state index is 11.2. The van der Waals surface area contributed by atoms with E-state index in [9.17, 15) is 8.42 Å². The number of hydrogen-bond donors (Lipinski definition) is 3. The molecule has 0 spiro atoms. The van der Waals surface area contributed by atoms with Gasteiger partial charge in [-0.3, -0.25) is 4.72 Å². The maximum atomic E-state index is 11.2. The predicted octanol–water partition coefficient (Wildman–Crippen LogP) is 0.453. The van der Waals surface area contributed by atoms with Crippen molar-refractivity contribution >= 4 is 21.6 Å². The van der Waals surface area contributed by atoms with Crippen LogP contribution < -0.4 is 15.2 Å². The second kappa shape index (κ2) is 3.85. The first-order valence-electron chi connectivity index (χ1n) is 4.02. The van der Waals surface area contributed by atoms with Crippen LogP contribution in [0.25, 0.3) is 0 Å². The van der Waals surface area contributed by atoms with Crippen LogP contribution in [-0.2, 0) is 10.2 Å². The van der Waals surface area contributed by atoms with Crippen LogP contribution in [0.2, 0.25) is 0 Å². The molecule has 1 aromatic rings. The number of aryl methyl sites for hydroxylation is 1. The minimum absolute atomic E-state index is 0.486. The third-order valence-corrected chi connectivity index (χ3v) is 2.80. The van der Waals surface area contributed by atoms with Gasteiger partial charge >= 0.3 is 0 Å². The van der Waals surface area contributed by atoms with Gasteiger partial charge in [0.1, 0.15) is 0 Å². The second-order valence-corrected chi connectivity index (χ2v) is 4.50. The SMILES string of the molecule is CNS(=O)(=O)Nc1cc(N)ccc1C. The van der Waals surface area contributed by atoms with Crippen LogP contribution in [0, 0.1) is 6.92 Å². The molecule has 0 aliphatic carbocycles. The summed E-state index contributed by atoms with van der Waals surface area (Å²) in [5.74, 6) is 0. The molecular formula is C8H13N3O2S. The highest BCUT2D eigenvalue weighted by atomic mass is 32.2. The summed E-state index contributed by atoms with van der Waals surface area (Å²) < 4.78 is 26.9. The topological polar surface area (TPSA) is 84.2 Å². The Morgan fingerprint density at radius 3 is 2.57 bits per heavy atom. The van der Waals surface area contributed by atoms with Crippen molar-refractivity contribution in [2.75, 3.05) is 17.5 Å². The maximum Gasteiger partial charge on any atom is 0.298 e. The normalized spacial score (nSPS) is 11.3.